The molecule has 2 atom stereocenters. The quantitative estimate of drug-likeness (QED) is 0.907. The molecule has 1 aromatic rings. The molecule has 0 bridgehead atoms. The molecule has 3 heteroatoms. The van der Waals surface area contributed by atoms with Crippen molar-refractivity contribution in [1.82, 2.24) is 0 Å². The van der Waals surface area contributed by atoms with Crippen molar-refractivity contribution >= 4 is 5.69 Å². The van der Waals surface area contributed by atoms with E-state index in [0.717, 1.165) is 37.4 Å². The van der Waals surface area contributed by atoms with Crippen molar-refractivity contribution in [2.75, 3.05) is 18.0 Å². The van der Waals surface area contributed by atoms with E-state index in [1.807, 2.05) is 6.07 Å². The highest BCUT2D eigenvalue weighted by Gasteiger charge is 2.44. The van der Waals surface area contributed by atoms with Gasteiger partial charge in [-0.05, 0) is 49.3 Å². The van der Waals surface area contributed by atoms with Crippen molar-refractivity contribution in [3.8, 4) is 0 Å². The minimum atomic E-state index is -0.136. The Morgan fingerprint density at radius 1 is 1.47 bits per heavy atom. The van der Waals surface area contributed by atoms with E-state index in [2.05, 4.69) is 11.8 Å². The van der Waals surface area contributed by atoms with Crippen LogP contribution in [0.5, 0.6) is 0 Å². The van der Waals surface area contributed by atoms with Gasteiger partial charge >= 0.3 is 0 Å². The molecule has 104 valence electrons. The first-order valence-electron chi connectivity index (χ1n) is 7.44. The molecule has 2 aliphatic rings. The van der Waals surface area contributed by atoms with Crippen LogP contribution < -0.4 is 10.6 Å². The summed E-state index contributed by atoms with van der Waals surface area (Å²) in [6.07, 6.45) is 5.82. The molecular weight excluding hydrogens is 239 g/mol. The first kappa shape index (κ1) is 12.9. The fraction of sp³-hybridized carbons (Fsp3) is 0.625. The molecule has 0 spiro atoms. The number of nitrogens with zero attached hydrogens (tertiary/aromatic N) is 1. The number of anilines is 1. The van der Waals surface area contributed by atoms with Crippen molar-refractivity contribution in [3.63, 3.8) is 0 Å². The molecule has 2 N–H and O–H groups in total. The predicted molar refractivity (Wildman–Crippen MR) is 76.9 cm³/mol. The summed E-state index contributed by atoms with van der Waals surface area (Å²) in [5, 5.41) is 0. The van der Waals surface area contributed by atoms with Crippen molar-refractivity contribution < 1.29 is 4.39 Å². The number of hydrogen-bond donors (Lipinski definition) is 1. The number of halogens is 1. The normalized spacial score (nSPS) is 29.8. The maximum atomic E-state index is 13.5. The minimum Gasteiger partial charge on any atom is -0.364 e. The minimum absolute atomic E-state index is 0.0692. The van der Waals surface area contributed by atoms with Crippen LogP contribution >= 0.6 is 0 Å². The molecule has 2 unspecified atom stereocenters. The van der Waals surface area contributed by atoms with Crippen LogP contribution in [0.1, 0.15) is 38.2 Å². The summed E-state index contributed by atoms with van der Waals surface area (Å²) in [5.41, 5.74) is 8.55. The van der Waals surface area contributed by atoms with Gasteiger partial charge in [0.25, 0.3) is 0 Å². The van der Waals surface area contributed by atoms with Gasteiger partial charge in [-0.2, -0.15) is 0 Å². The average Bonchev–Trinajstić information content (AvgIpc) is 3.02. The SMILES string of the molecule is CCC1CCC(CN)(N2CCc3ccc(F)cc32)C1. The molecule has 0 saturated heterocycles. The Morgan fingerprint density at radius 2 is 2.32 bits per heavy atom. The lowest BCUT2D eigenvalue weighted by Crippen LogP contribution is -2.52. The zero-order chi connectivity index (χ0) is 13.5. The Morgan fingerprint density at radius 3 is 3.00 bits per heavy atom. The number of hydrogen-bond acceptors (Lipinski definition) is 2. The van der Waals surface area contributed by atoms with Gasteiger partial charge in [0.2, 0.25) is 0 Å². The summed E-state index contributed by atoms with van der Waals surface area (Å²) >= 11 is 0. The van der Waals surface area contributed by atoms with Gasteiger partial charge < -0.3 is 10.6 Å². The van der Waals surface area contributed by atoms with Gasteiger partial charge in [0, 0.05) is 18.8 Å². The molecular formula is C16H23FN2. The number of rotatable bonds is 3. The second-order valence-corrected chi connectivity index (χ2v) is 6.12. The Kier molecular flexibility index (Phi) is 3.25. The van der Waals surface area contributed by atoms with Crippen LogP contribution in [-0.4, -0.2) is 18.6 Å². The van der Waals surface area contributed by atoms with Gasteiger partial charge in [0.1, 0.15) is 5.82 Å². The maximum absolute atomic E-state index is 13.5. The van der Waals surface area contributed by atoms with E-state index in [1.165, 1.54) is 18.4 Å². The van der Waals surface area contributed by atoms with Gasteiger partial charge in [-0.1, -0.05) is 19.4 Å². The lowest BCUT2D eigenvalue weighted by molar-refractivity contribution is 0.388. The first-order valence-corrected chi connectivity index (χ1v) is 7.44. The standard InChI is InChI=1S/C16H23FN2/c1-2-12-5-7-16(10-12,11-18)19-8-6-13-3-4-14(17)9-15(13)19/h3-4,9,12H,2,5-8,10-11,18H2,1H3. The maximum Gasteiger partial charge on any atom is 0.125 e. The van der Waals surface area contributed by atoms with E-state index < -0.39 is 0 Å². The lowest BCUT2D eigenvalue weighted by Gasteiger charge is -2.40. The van der Waals surface area contributed by atoms with Crippen LogP contribution in [0.3, 0.4) is 0 Å². The van der Waals surface area contributed by atoms with E-state index in [-0.39, 0.29) is 11.4 Å². The molecule has 1 aliphatic carbocycles. The zero-order valence-electron chi connectivity index (χ0n) is 11.7. The van der Waals surface area contributed by atoms with E-state index in [0.29, 0.717) is 6.54 Å². The molecule has 1 aliphatic heterocycles. The fourth-order valence-electron chi connectivity index (χ4n) is 3.95. The molecule has 3 rings (SSSR count). The topological polar surface area (TPSA) is 29.3 Å². The van der Waals surface area contributed by atoms with E-state index >= 15 is 0 Å². The van der Waals surface area contributed by atoms with Crippen LogP contribution in [0.2, 0.25) is 0 Å². The Labute approximate surface area is 114 Å². The molecule has 2 nitrogen and oxygen atoms in total. The summed E-state index contributed by atoms with van der Waals surface area (Å²) in [6, 6.07) is 5.20. The molecule has 1 heterocycles. The fourth-order valence-corrected chi connectivity index (χ4v) is 3.95. The second kappa shape index (κ2) is 4.78. The largest absolute Gasteiger partial charge is 0.364 e. The summed E-state index contributed by atoms with van der Waals surface area (Å²) in [6.45, 7) is 3.93. The summed E-state index contributed by atoms with van der Waals surface area (Å²) in [4.78, 5) is 2.40. The second-order valence-electron chi connectivity index (χ2n) is 6.12. The third-order valence-corrected chi connectivity index (χ3v) is 5.16. The van der Waals surface area contributed by atoms with Crippen LogP contribution in [0.15, 0.2) is 18.2 Å². The van der Waals surface area contributed by atoms with Crippen LogP contribution in [0.4, 0.5) is 10.1 Å². The van der Waals surface area contributed by atoms with E-state index in [1.54, 1.807) is 12.1 Å². The third kappa shape index (κ3) is 2.04. The van der Waals surface area contributed by atoms with Gasteiger partial charge in [0.05, 0.1) is 5.54 Å². The van der Waals surface area contributed by atoms with Crippen molar-refractivity contribution in [2.45, 2.75) is 44.6 Å². The average molecular weight is 262 g/mol. The molecule has 1 aromatic carbocycles. The lowest BCUT2D eigenvalue weighted by atomic mass is 9.92. The predicted octanol–water partition coefficient (Wildman–Crippen LogP) is 3.10. The molecule has 19 heavy (non-hydrogen) atoms. The molecule has 1 fully saturated rings. The van der Waals surface area contributed by atoms with E-state index in [4.69, 9.17) is 5.73 Å². The van der Waals surface area contributed by atoms with Crippen LogP contribution in [-0.2, 0) is 6.42 Å². The van der Waals surface area contributed by atoms with Crippen LogP contribution in [0, 0.1) is 11.7 Å². The Balaban J connectivity index is 1.93. The number of benzene rings is 1. The van der Waals surface area contributed by atoms with E-state index in [9.17, 15) is 4.39 Å². The smallest absolute Gasteiger partial charge is 0.125 e. The van der Waals surface area contributed by atoms with Gasteiger partial charge in [-0.25, -0.2) is 4.39 Å². The highest BCUT2D eigenvalue weighted by Crippen LogP contribution is 2.45. The van der Waals surface area contributed by atoms with Gasteiger partial charge in [-0.15, -0.1) is 0 Å². The van der Waals surface area contributed by atoms with Gasteiger partial charge in [-0.3, -0.25) is 0 Å². The summed E-state index contributed by atoms with van der Waals surface area (Å²) in [7, 11) is 0. The number of nitrogens with two attached hydrogens (primary N) is 1. The highest BCUT2D eigenvalue weighted by molar-refractivity contribution is 5.60. The van der Waals surface area contributed by atoms with Crippen molar-refractivity contribution in [1.29, 1.82) is 0 Å². The Hall–Kier alpha value is -1.09. The Bertz CT molecular complexity index is 474. The molecule has 1 saturated carbocycles. The summed E-state index contributed by atoms with van der Waals surface area (Å²) in [5.74, 6) is 0.643. The van der Waals surface area contributed by atoms with Crippen molar-refractivity contribution in [3.05, 3.63) is 29.6 Å². The monoisotopic (exact) mass is 262 g/mol. The molecule has 0 aromatic heterocycles. The highest BCUT2D eigenvalue weighted by atomic mass is 19.1. The van der Waals surface area contributed by atoms with Gasteiger partial charge in [0.15, 0.2) is 0 Å². The molecule has 0 radical (unpaired) electrons. The zero-order valence-corrected chi connectivity index (χ0v) is 11.7. The van der Waals surface area contributed by atoms with Crippen molar-refractivity contribution in [2.24, 2.45) is 11.7 Å². The third-order valence-electron chi connectivity index (χ3n) is 5.16. The van der Waals surface area contributed by atoms with Crippen LogP contribution in [0.25, 0.3) is 0 Å². The first-order chi connectivity index (χ1) is 9.18. The summed E-state index contributed by atoms with van der Waals surface area (Å²) < 4.78 is 13.5. The molecule has 0 amide bonds. The number of fused-ring (bicyclic) bond motifs is 1.